The van der Waals surface area contributed by atoms with Gasteiger partial charge in [-0.2, -0.15) is 0 Å². The van der Waals surface area contributed by atoms with E-state index in [0.29, 0.717) is 6.10 Å². The Bertz CT molecular complexity index is 156. The van der Waals surface area contributed by atoms with E-state index in [9.17, 15) is 0 Å². The molecule has 0 bridgehead atoms. The van der Waals surface area contributed by atoms with E-state index in [-0.39, 0.29) is 0 Å². The molecule has 1 aliphatic rings. The average molecular weight is 214 g/mol. The third-order valence-corrected chi connectivity index (χ3v) is 2.76. The van der Waals surface area contributed by atoms with Gasteiger partial charge in [0.2, 0.25) is 0 Å². The molecule has 0 spiro atoms. The highest BCUT2D eigenvalue weighted by molar-refractivity contribution is 4.69. The molecule has 90 valence electrons. The van der Waals surface area contributed by atoms with Gasteiger partial charge >= 0.3 is 0 Å². The molecule has 0 aliphatic carbocycles. The van der Waals surface area contributed by atoms with Gasteiger partial charge in [0, 0.05) is 26.2 Å². The number of ether oxygens (including phenoxy) is 1. The van der Waals surface area contributed by atoms with E-state index >= 15 is 0 Å². The molecule has 1 N–H and O–H groups in total. The molecule has 1 rings (SSSR count). The molecule has 0 aromatic rings. The molecule has 1 heterocycles. The Hall–Kier alpha value is -0.120. The monoisotopic (exact) mass is 214 g/mol. The molecule has 1 unspecified atom stereocenters. The maximum absolute atomic E-state index is 5.61. The molecule has 3 nitrogen and oxygen atoms in total. The van der Waals surface area contributed by atoms with Crippen molar-refractivity contribution < 1.29 is 4.74 Å². The van der Waals surface area contributed by atoms with Crippen molar-refractivity contribution in [3.05, 3.63) is 0 Å². The van der Waals surface area contributed by atoms with Crippen molar-refractivity contribution >= 4 is 0 Å². The van der Waals surface area contributed by atoms with Crippen LogP contribution in [0.25, 0.3) is 0 Å². The van der Waals surface area contributed by atoms with Gasteiger partial charge in [-0.15, -0.1) is 0 Å². The van der Waals surface area contributed by atoms with E-state index in [2.05, 4.69) is 31.1 Å². The lowest BCUT2D eigenvalue weighted by molar-refractivity contribution is 0.0814. The summed E-state index contributed by atoms with van der Waals surface area (Å²) in [7, 11) is 2.18. The molecule has 1 aliphatic heterocycles. The largest absolute Gasteiger partial charge is 0.377 e. The summed E-state index contributed by atoms with van der Waals surface area (Å²) >= 11 is 0. The third kappa shape index (κ3) is 6.13. The van der Waals surface area contributed by atoms with E-state index in [1.807, 2.05) is 0 Å². The summed E-state index contributed by atoms with van der Waals surface area (Å²) in [5, 5.41) is 3.46. The van der Waals surface area contributed by atoms with Gasteiger partial charge in [-0.3, -0.25) is 0 Å². The summed E-state index contributed by atoms with van der Waals surface area (Å²) in [5.41, 5.74) is 0. The standard InChI is InChI=1S/C12H26N2O/c1-11(2)9-13-6-7-14(3)10-12-5-4-8-15-12/h11-13H,4-10H2,1-3H3. The van der Waals surface area contributed by atoms with Crippen molar-refractivity contribution in [2.24, 2.45) is 5.92 Å². The summed E-state index contributed by atoms with van der Waals surface area (Å²) in [4.78, 5) is 2.36. The van der Waals surface area contributed by atoms with Crippen LogP contribution in [0.5, 0.6) is 0 Å². The minimum atomic E-state index is 0.486. The molecule has 0 aromatic heterocycles. The van der Waals surface area contributed by atoms with Crippen LogP contribution in [0.4, 0.5) is 0 Å². The zero-order chi connectivity index (χ0) is 11.1. The van der Waals surface area contributed by atoms with Gasteiger partial charge < -0.3 is 15.0 Å². The van der Waals surface area contributed by atoms with Crippen LogP contribution in [-0.2, 0) is 4.74 Å². The first kappa shape index (κ1) is 12.9. The summed E-state index contributed by atoms with van der Waals surface area (Å²) in [6.07, 6.45) is 2.97. The minimum absolute atomic E-state index is 0.486. The molecule has 1 atom stereocenters. The summed E-state index contributed by atoms with van der Waals surface area (Å²) in [6, 6.07) is 0. The van der Waals surface area contributed by atoms with Gasteiger partial charge in [-0.1, -0.05) is 13.8 Å². The Morgan fingerprint density at radius 2 is 2.27 bits per heavy atom. The molecule has 15 heavy (non-hydrogen) atoms. The lowest BCUT2D eigenvalue weighted by atomic mass is 10.2. The predicted molar refractivity (Wildman–Crippen MR) is 64.2 cm³/mol. The van der Waals surface area contributed by atoms with Crippen LogP contribution in [0.15, 0.2) is 0 Å². The van der Waals surface area contributed by atoms with Crippen molar-refractivity contribution in [2.45, 2.75) is 32.8 Å². The van der Waals surface area contributed by atoms with E-state index in [4.69, 9.17) is 4.74 Å². The predicted octanol–water partition coefficient (Wildman–Crippen LogP) is 1.34. The van der Waals surface area contributed by atoms with Crippen LogP contribution in [0.2, 0.25) is 0 Å². The zero-order valence-corrected chi connectivity index (χ0v) is 10.5. The van der Waals surface area contributed by atoms with Crippen molar-refractivity contribution in [1.29, 1.82) is 0 Å². The highest BCUT2D eigenvalue weighted by Gasteiger charge is 2.16. The smallest absolute Gasteiger partial charge is 0.0702 e. The van der Waals surface area contributed by atoms with Crippen LogP contribution in [0.1, 0.15) is 26.7 Å². The Morgan fingerprint density at radius 1 is 1.47 bits per heavy atom. The highest BCUT2D eigenvalue weighted by Crippen LogP contribution is 2.12. The van der Waals surface area contributed by atoms with Crippen LogP contribution >= 0.6 is 0 Å². The van der Waals surface area contributed by atoms with E-state index in [1.54, 1.807) is 0 Å². The van der Waals surface area contributed by atoms with Gasteiger partial charge in [0.25, 0.3) is 0 Å². The van der Waals surface area contributed by atoms with Crippen LogP contribution in [0.3, 0.4) is 0 Å². The fraction of sp³-hybridized carbons (Fsp3) is 1.00. The van der Waals surface area contributed by atoms with Gasteiger partial charge in [0.1, 0.15) is 0 Å². The maximum Gasteiger partial charge on any atom is 0.0702 e. The minimum Gasteiger partial charge on any atom is -0.377 e. The number of nitrogens with zero attached hydrogens (tertiary/aromatic N) is 1. The topological polar surface area (TPSA) is 24.5 Å². The Labute approximate surface area is 94.2 Å². The first-order chi connectivity index (χ1) is 7.18. The quantitative estimate of drug-likeness (QED) is 0.647. The highest BCUT2D eigenvalue weighted by atomic mass is 16.5. The third-order valence-electron chi connectivity index (χ3n) is 2.76. The van der Waals surface area contributed by atoms with Crippen molar-refractivity contribution in [3.8, 4) is 0 Å². The molecule has 0 aromatic carbocycles. The normalized spacial score (nSPS) is 21.8. The Kier molecular flexibility index (Phi) is 6.22. The summed E-state index contributed by atoms with van der Waals surface area (Å²) < 4.78 is 5.61. The number of likely N-dealkylation sites (N-methyl/N-ethyl adjacent to an activating group) is 1. The maximum atomic E-state index is 5.61. The molecule has 0 radical (unpaired) electrons. The van der Waals surface area contributed by atoms with Crippen molar-refractivity contribution in [2.75, 3.05) is 39.8 Å². The fourth-order valence-corrected chi connectivity index (χ4v) is 1.89. The molecule has 1 fully saturated rings. The first-order valence-corrected chi connectivity index (χ1v) is 6.19. The second kappa shape index (κ2) is 7.20. The molecule has 3 heteroatoms. The number of rotatable bonds is 7. The molecule has 0 saturated carbocycles. The second-order valence-electron chi connectivity index (χ2n) is 5.00. The van der Waals surface area contributed by atoms with Gasteiger partial charge in [0.05, 0.1) is 6.10 Å². The fourth-order valence-electron chi connectivity index (χ4n) is 1.89. The Balaban J connectivity index is 1.95. The van der Waals surface area contributed by atoms with Gasteiger partial charge in [-0.25, -0.2) is 0 Å². The van der Waals surface area contributed by atoms with E-state index in [0.717, 1.165) is 38.7 Å². The van der Waals surface area contributed by atoms with Crippen LogP contribution in [0, 0.1) is 5.92 Å². The molecular formula is C12H26N2O. The lowest BCUT2D eigenvalue weighted by Gasteiger charge is -2.20. The van der Waals surface area contributed by atoms with Gasteiger partial charge in [-0.05, 0) is 32.4 Å². The zero-order valence-electron chi connectivity index (χ0n) is 10.5. The van der Waals surface area contributed by atoms with Gasteiger partial charge in [0.15, 0.2) is 0 Å². The van der Waals surface area contributed by atoms with Crippen molar-refractivity contribution in [1.82, 2.24) is 10.2 Å². The summed E-state index contributed by atoms with van der Waals surface area (Å²) in [6.45, 7) is 9.85. The average Bonchev–Trinajstić information content (AvgIpc) is 2.64. The van der Waals surface area contributed by atoms with Crippen LogP contribution in [-0.4, -0.2) is 50.8 Å². The Morgan fingerprint density at radius 3 is 2.87 bits per heavy atom. The first-order valence-electron chi connectivity index (χ1n) is 6.19. The van der Waals surface area contributed by atoms with Crippen molar-refractivity contribution in [3.63, 3.8) is 0 Å². The number of hydrogen-bond donors (Lipinski definition) is 1. The number of hydrogen-bond acceptors (Lipinski definition) is 3. The second-order valence-corrected chi connectivity index (χ2v) is 5.00. The van der Waals surface area contributed by atoms with E-state index in [1.165, 1.54) is 12.8 Å². The SMILES string of the molecule is CC(C)CNCCN(C)CC1CCCO1. The molecule has 0 amide bonds. The van der Waals surface area contributed by atoms with E-state index < -0.39 is 0 Å². The summed E-state index contributed by atoms with van der Waals surface area (Å²) in [5.74, 6) is 0.744. The molecule has 1 saturated heterocycles. The lowest BCUT2D eigenvalue weighted by Crippen LogP contribution is -2.35. The van der Waals surface area contributed by atoms with Crippen LogP contribution < -0.4 is 5.32 Å². The molecular weight excluding hydrogens is 188 g/mol. The number of nitrogens with one attached hydrogen (secondary N) is 1.